The SMILES string of the molecule is O=C(CCS(=O)(=O)c1ccc(Cl)cc1)NCc1nnc2n1CCCCC2. The maximum atomic E-state index is 12.3. The molecule has 0 fully saturated rings. The number of hydrogen-bond donors (Lipinski definition) is 1. The van der Waals surface area contributed by atoms with E-state index in [1.807, 2.05) is 0 Å². The molecule has 9 heteroatoms. The van der Waals surface area contributed by atoms with Gasteiger partial charge in [-0.1, -0.05) is 18.0 Å². The molecular formula is C17H21ClN4O3S. The number of hydrogen-bond acceptors (Lipinski definition) is 5. The first-order chi connectivity index (χ1) is 12.5. The molecule has 0 saturated carbocycles. The fourth-order valence-electron chi connectivity index (χ4n) is 2.93. The molecule has 1 aliphatic rings. The van der Waals surface area contributed by atoms with Crippen molar-refractivity contribution in [2.45, 2.75) is 50.1 Å². The summed E-state index contributed by atoms with van der Waals surface area (Å²) in [5.74, 6) is 1.10. The van der Waals surface area contributed by atoms with Crippen LogP contribution in [0.25, 0.3) is 0 Å². The second kappa shape index (κ2) is 8.18. The maximum absolute atomic E-state index is 12.3. The number of halogens is 1. The Bertz CT molecular complexity index is 878. The van der Waals surface area contributed by atoms with E-state index in [-0.39, 0.29) is 29.5 Å². The molecule has 0 radical (unpaired) electrons. The number of nitrogens with one attached hydrogen (secondary N) is 1. The smallest absolute Gasteiger partial charge is 0.221 e. The number of nitrogens with zero attached hydrogens (tertiary/aromatic N) is 3. The van der Waals surface area contributed by atoms with Crippen LogP contribution in [0.5, 0.6) is 0 Å². The Morgan fingerprint density at radius 3 is 2.69 bits per heavy atom. The molecule has 7 nitrogen and oxygen atoms in total. The molecule has 26 heavy (non-hydrogen) atoms. The van der Waals surface area contributed by atoms with Gasteiger partial charge in [-0.3, -0.25) is 4.79 Å². The minimum absolute atomic E-state index is 0.105. The molecule has 0 atom stereocenters. The van der Waals surface area contributed by atoms with Crippen molar-refractivity contribution in [3.05, 3.63) is 40.9 Å². The van der Waals surface area contributed by atoms with Crippen molar-refractivity contribution >= 4 is 27.3 Å². The van der Waals surface area contributed by atoms with Gasteiger partial charge in [0, 0.05) is 24.4 Å². The number of carbonyl (C=O) groups excluding carboxylic acids is 1. The molecule has 1 amide bonds. The van der Waals surface area contributed by atoms with Crippen LogP contribution in [-0.2, 0) is 34.1 Å². The summed E-state index contributed by atoms with van der Waals surface area (Å²) in [5, 5.41) is 11.5. The molecule has 2 heterocycles. The van der Waals surface area contributed by atoms with E-state index in [9.17, 15) is 13.2 Å². The van der Waals surface area contributed by atoms with Crippen molar-refractivity contribution in [2.75, 3.05) is 5.75 Å². The van der Waals surface area contributed by atoms with E-state index >= 15 is 0 Å². The van der Waals surface area contributed by atoms with E-state index in [0.29, 0.717) is 5.02 Å². The summed E-state index contributed by atoms with van der Waals surface area (Å²) >= 11 is 5.77. The molecule has 0 bridgehead atoms. The van der Waals surface area contributed by atoms with Crippen LogP contribution in [0, 0.1) is 0 Å². The highest BCUT2D eigenvalue weighted by atomic mass is 35.5. The van der Waals surface area contributed by atoms with Crippen molar-refractivity contribution in [1.29, 1.82) is 0 Å². The quantitative estimate of drug-likeness (QED) is 0.807. The summed E-state index contributed by atoms with van der Waals surface area (Å²) in [7, 11) is -3.52. The van der Waals surface area contributed by atoms with Gasteiger partial charge in [-0.05, 0) is 37.1 Å². The maximum Gasteiger partial charge on any atom is 0.221 e. The number of fused-ring (bicyclic) bond motifs is 1. The highest BCUT2D eigenvalue weighted by Crippen LogP contribution is 2.16. The van der Waals surface area contributed by atoms with Crippen LogP contribution >= 0.6 is 11.6 Å². The highest BCUT2D eigenvalue weighted by molar-refractivity contribution is 7.91. The first kappa shape index (κ1) is 18.8. The summed E-state index contributed by atoms with van der Waals surface area (Å²) in [6.07, 6.45) is 4.14. The Kier molecular flexibility index (Phi) is 5.93. The van der Waals surface area contributed by atoms with E-state index in [2.05, 4.69) is 20.1 Å². The van der Waals surface area contributed by atoms with Crippen LogP contribution in [0.4, 0.5) is 0 Å². The van der Waals surface area contributed by atoms with E-state index in [0.717, 1.165) is 43.9 Å². The average molecular weight is 397 g/mol. The van der Waals surface area contributed by atoms with Gasteiger partial charge >= 0.3 is 0 Å². The van der Waals surface area contributed by atoms with Crippen LogP contribution in [-0.4, -0.2) is 34.8 Å². The molecule has 0 saturated heterocycles. The topological polar surface area (TPSA) is 93.9 Å². The standard InChI is InChI=1S/C17H21ClN4O3S/c18-13-5-7-14(8-6-13)26(24,25)11-9-17(23)19-12-16-21-20-15-4-2-1-3-10-22(15)16/h5-8H,1-4,9-12H2,(H,19,23). The van der Waals surface area contributed by atoms with Gasteiger partial charge in [0.1, 0.15) is 5.82 Å². The Morgan fingerprint density at radius 2 is 1.92 bits per heavy atom. The van der Waals surface area contributed by atoms with E-state index < -0.39 is 9.84 Å². The first-order valence-corrected chi connectivity index (χ1v) is 10.6. The number of aromatic nitrogens is 3. The summed E-state index contributed by atoms with van der Waals surface area (Å²) < 4.78 is 26.6. The molecule has 0 aliphatic carbocycles. The lowest BCUT2D eigenvalue weighted by molar-refractivity contribution is -0.120. The monoisotopic (exact) mass is 396 g/mol. The third kappa shape index (κ3) is 4.62. The van der Waals surface area contributed by atoms with E-state index in [4.69, 9.17) is 11.6 Å². The van der Waals surface area contributed by atoms with Crippen molar-refractivity contribution in [3.8, 4) is 0 Å². The molecule has 0 unspecified atom stereocenters. The zero-order chi connectivity index (χ0) is 18.6. The Morgan fingerprint density at radius 1 is 1.15 bits per heavy atom. The molecule has 1 aliphatic heterocycles. The first-order valence-electron chi connectivity index (χ1n) is 8.62. The van der Waals surface area contributed by atoms with Crippen LogP contribution in [0.1, 0.15) is 37.3 Å². The Labute approximate surface area is 157 Å². The molecule has 140 valence electrons. The zero-order valence-electron chi connectivity index (χ0n) is 14.3. The molecule has 3 rings (SSSR count). The number of sulfone groups is 1. The van der Waals surface area contributed by atoms with Gasteiger partial charge in [0.2, 0.25) is 5.91 Å². The average Bonchev–Trinajstić information content (AvgIpc) is 2.85. The predicted molar refractivity (Wildman–Crippen MR) is 97.5 cm³/mol. The van der Waals surface area contributed by atoms with Crippen LogP contribution in [0.3, 0.4) is 0 Å². The summed E-state index contributed by atoms with van der Waals surface area (Å²) in [4.78, 5) is 12.2. The van der Waals surface area contributed by atoms with Gasteiger partial charge in [0.25, 0.3) is 0 Å². The molecule has 2 aromatic rings. The third-order valence-corrected chi connectivity index (χ3v) is 6.38. The minimum Gasteiger partial charge on any atom is -0.349 e. The number of carbonyl (C=O) groups is 1. The van der Waals surface area contributed by atoms with E-state index in [1.165, 1.54) is 24.3 Å². The van der Waals surface area contributed by atoms with Gasteiger partial charge in [0.05, 0.1) is 17.2 Å². The van der Waals surface area contributed by atoms with Gasteiger partial charge in [-0.15, -0.1) is 10.2 Å². The summed E-state index contributed by atoms with van der Waals surface area (Å²) in [6.45, 7) is 1.12. The van der Waals surface area contributed by atoms with Crippen LogP contribution in [0.15, 0.2) is 29.2 Å². The Balaban J connectivity index is 1.53. The van der Waals surface area contributed by atoms with Crippen LogP contribution in [0.2, 0.25) is 5.02 Å². The van der Waals surface area contributed by atoms with E-state index in [1.54, 1.807) is 0 Å². The fourth-order valence-corrected chi connectivity index (χ4v) is 4.30. The lowest BCUT2D eigenvalue weighted by Crippen LogP contribution is -2.27. The largest absolute Gasteiger partial charge is 0.349 e. The molecule has 1 aromatic carbocycles. The third-order valence-electron chi connectivity index (χ3n) is 4.40. The van der Waals surface area contributed by atoms with Gasteiger partial charge in [-0.25, -0.2) is 8.42 Å². The summed E-state index contributed by atoms with van der Waals surface area (Å²) in [6, 6.07) is 5.93. The molecule has 0 spiro atoms. The van der Waals surface area contributed by atoms with Gasteiger partial charge < -0.3 is 9.88 Å². The predicted octanol–water partition coefficient (Wildman–Crippen LogP) is 2.14. The number of amides is 1. The molecule has 1 aromatic heterocycles. The van der Waals surface area contributed by atoms with Crippen molar-refractivity contribution in [2.24, 2.45) is 0 Å². The number of aryl methyl sites for hydroxylation is 1. The second-order valence-corrected chi connectivity index (χ2v) is 8.84. The van der Waals surface area contributed by atoms with Gasteiger partial charge in [0.15, 0.2) is 15.7 Å². The van der Waals surface area contributed by atoms with Crippen molar-refractivity contribution < 1.29 is 13.2 Å². The second-order valence-electron chi connectivity index (χ2n) is 6.29. The molecular weight excluding hydrogens is 376 g/mol. The zero-order valence-corrected chi connectivity index (χ0v) is 15.9. The lowest BCUT2D eigenvalue weighted by Gasteiger charge is -2.08. The number of benzene rings is 1. The Hall–Kier alpha value is -1.93. The van der Waals surface area contributed by atoms with Crippen LogP contribution < -0.4 is 5.32 Å². The van der Waals surface area contributed by atoms with Crippen molar-refractivity contribution in [3.63, 3.8) is 0 Å². The van der Waals surface area contributed by atoms with Crippen molar-refractivity contribution in [1.82, 2.24) is 20.1 Å². The lowest BCUT2D eigenvalue weighted by atomic mass is 10.2. The fraction of sp³-hybridized carbons (Fsp3) is 0.471. The molecule has 1 N–H and O–H groups in total. The van der Waals surface area contributed by atoms with Gasteiger partial charge in [-0.2, -0.15) is 0 Å². The summed E-state index contributed by atoms with van der Waals surface area (Å²) in [5.41, 5.74) is 0. The number of rotatable bonds is 6. The minimum atomic E-state index is -3.52. The highest BCUT2D eigenvalue weighted by Gasteiger charge is 2.18. The normalized spacial score (nSPS) is 14.5.